The first kappa shape index (κ1) is 15.6. The summed E-state index contributed by atoms with van der Waals surface area (Å²) in [6, 6.07) is 3.60. The third-order valence-corrected chi connectivity index (χ3v) is 6.75. The van der Waals surface area contributed by atoms with Gasteiger partial charge in [-0.2, -0.15) is 0 Å². The highest BCUT2D eigenvalue weighted by Crippen LogP contribution is 2.58. The second-order valence-corrected chi connectivity index (χ2v) is 8.40. The molecule has 2 aliphatic rings. The zero-order valence-electron chi connectivity index (χ0n) is 12.7. The minimum Gasteiger partial charge on any atom is -0.467 e. The summed E-state index contributed by atoms with van der Waals surface area (Å²) in [4.78, 5) is 12.2. The van der Waals surface area contributed by atoms with Crippen LogP contribution in [0.2, 0.25) is 0 Å². The van der Waals surface area contributed by atoms with Crippen molar-refractivity contribution in [3.05, 3.63) is 24.2 Å². The highest BCUT2D eigenvalue weighted by atomic mass is 32.2. The highest BCUT2D eigenvalue weighted by Gasteiger charge is 2.61. The number of hydrogen-bond donors (Lipinski definition) is 1. The number of carbonyl (C=O) groups excluding carboxylic acids is 1. The number of amides is 1. The molecule has 1 aliphatic carbocycles. The molecule has 2 fully saturated rings. The van der Waals surface area contributed by atoms with Crippen LogP contribution < -0.4 is 5.32 Å². The predicted octanol–water partition coefficient (Wildman–Crippen LogP) is 1.35. The van der Waals surface area contributed by atoms with Crippen LogP contribution in [0.1, 0.15) is 31.9 Å². The SMILES string of the molecule is CCCS(=O)(=O)N1CC[C@]2(C[C@@H]2C(=O)NCc2ccco2)C1. The maximum Gasteiger partial charge on any atom is 0.224 e. The summed E-state index contributed by atoms with van der Waals surface area (Å²) in [6.07, 6.45) is 3.77. The summed E-state index contributed by atoms with van der Waals surface area (Å²) in [5.74, 6) is 0.857. The van der Waals surface area contributed by atoms with Crippen LogP contribution in [-0.4, -0.2) is 37.5 Å². The molecule has 2 atom stereocenters. The van der Waals surface area contributed by atoms with E-state index in [-0.39, 0.29) is 23.0 Å². The van der Waals surface area contributed by atoms with Crippen molar-refractivity contribution in [3.8, 4) is 0 Å². The Kier molecular flexibility index (Phi) is 4.03. The Morgan fingerprint density at radius 3 is 3.05 bits per heavy atom. The van der Waals surface area contributed by atoms with E-state index in [0.717, 1.165) is 18.6 Å². The van der Waals surface area contributed by atoms with E-state index in [0.29, 0.717) is 26.1 Å². The number of hydrogen-bond acceptors (Lipinski definition) is 4. The first-order valence-corrected chi connectivity index (χ1v) is 9.36. The number of furan rings is 1. The van der Waals surface area contributed by atoms with E-state index in [4.69, 9.17) is 4.42 Å². The summed E-state index contributed by atoms with van der Waals surface area (Å²) < 4.78 is 31.0. The first-order chi connectivity index (χ1) is 10.5. The van der Waals surface area contributed by atoms with Crippen LogP contribution in [0.5, 0.6) is 0 Å². The third-order valence-electron chi connectivity index (χ3n) is 4.73. The van der Waals surface area contributed by atoms with Crippen LogP contribution in [0.3, 0.4) is 0 Å². The molecule has 7 heteroatoms. The number of sulfonamides is 1. The number of nitrogens with one attached hydrogen (secondary N) is 1. The van der Waals surface area contributed by atoms with Crippen LogP contribution >= 0.6 is 0 Å². The van der Waals surface area contributed by atoms with E-state index in [1.54, 1.807) is 16.6 Å². The van der Waals surface area contributed by atoms with E-state index >= 15 is 0 Å². The van der Waals surface area contributed by atoms with Gasteiger partial charge in [0.1, 0.15) is 5.76 Å². The van der Waals surface area contributed by atoms with Gasteiger partial charge in [0.05, 0.1) is 18.6 Å². The number of rotatable bonds is 6. The van der Waals surface area contributed by atoms with E-state index in [9.17, 15) is 13.2 Å². The maximum atomic E-state index is 12.2. The van der Waals surface area contributed by atoms with Crippen molar-refractivity contribution in [2.45, 2.75) is 32.7 Å². The van der Waals surface area contributed by atoms with Crippen molar-refractivity contribution in [3.63, 3.8) is 0 Å². The minimum absolute atomic E-state index is 0.00568. The van der Waals surface area contributed by atoms with Gasteiger partial charge in [0.2, 0.25) is 15.9 Å². The fourth-order valence-electron chi connectivity index (χ4n) is 3.36. The topological polar surface area (TPSA) is 79.6 Å². The smallest absolute Gasteiger partial charge is 0.224 e. The van der Waals surface area contributed by atoms with Crippen molar-refractivity contribution >= 4 is 15.9 Å². The average Bonchev–Trinajstić information content (AvgIpc) is 2.82. The summed E-state index contributed by atoms with van der Waals surface area (Å²) >= 11 is 0. The molecule has 122 valence electrons. The summed E-state index contributed by atoms with van der Waals surface area (Å²) in [5.41, 5.74) is -0.131. The summed E-state index contributed by atoms with van der Waals surface area (Å²) in [5, 5.41) is 2.88. The molecular formula is C15H22N2O4S. The number of carbonyl (C=O) groups is 1. The van der Waals surface area contributed by atoms with Crippen LogP contribution in [-0.2, 0) is 21.4 Å². The monoisotopic (exact) mass is 326 g/mol. The molecule has 0 bridgehead atoms. The molecule has 0 unspecified atom stereocenters. The molecule has 1 spiro atoms. The minimum atomic E-state index is -3.15. The van der Waals surface area contributed by atoms with Crippen LogP contribution in [0.4, 0.5) is 0 Å². The molecule has 1 aromatic rings. The molecular weight excluding hydrogens is 304 g/mol. The van der Waals surface area contributed by atoms with Gasteiger partial charge in [-0.3, -0.25) is 4.79 Å². The zero-order chi connectivity index (χ0) is 15.8. The lowest BCUT2D eigenvalue weighted by molar-refractivity contribution is -0.123. The Bertz CT molecular complexity index is 641. The fourth-order valence-corrected chi connectivity index (χ4v) is 4.96. The van der Waals surface area contributed by atoms with E-state index in [1.807, 2.05) is 13.0 Å². The Morgan fingerprint density at radius 1 is 1.55 bits per heavy atom. The van der Waals surface area contributed by atoms with Gasteiger partial charge in [0.15, 0.2) is 0 Å². The second-order valence-electron chi connectivity index (χ2n) is 6.32. The molecule has 1 aromatic heterocycles. The molecule has 0 radical (unpaired) electrons. The lowest BCUT2D eigenvalue weighted by Crippen LogP contribution is -2.32. The van der Waals surface area contributed by atoms with Crippen molar-refractivity contribution < 1.29 is 17.6 Å². The van der Waals surface area contributed by atoms with Gasteiger partial charge < -0.3 is 9.73 Å². The lowest BCUT2D eigenvalue weighted by atomic mass is 10.0. The molecule has 3 rings (SSSR count). The third kappa shape index (κ3) is 2.92. The van der Waals surface area contributed by atoms with Gasteiger partial charge in [-0.25, -0.2) is 12.7 Å². The molecule has 1 N–H and O–H groups in total. The van der Waals surface area contributed by atoms with Crippen LogP contribution in [0.25, 0.3) is 0 Å². The Hall–Kier alpha value is -1.34. The highest BCUT2D eigenvalue weighted by molar-refractivity contribution is 7.89. The van der Waals surface area contributed by atoms with Gasteiger partial charge in [-0.15, -0.1) is 0 Å². The summed E-state index contributed by atoms with van der Waals surface area (Å²) in [7, 11) is -3.15. The van der Waals surface area contributed by atoms with E-state index in [2.05, 4.69) is 5.32 Å². The molecule has 1 saturated heterocycles. The number of nitrogens with zero attached hydrogens (tertiary/aromatic N) is 1. The predicted molar refractivity (Wildman–Crippen MR) is 81.4 cm³/mol. The first-order valence-electron chi connectivity index (χ1n) is 7.75. The normalized spacial score (nSPS) is 28.1. The second kappa shape index (κ2) is 5.70. The molecule has 1 aliphatic heterocycles. The van der Waals surface area contributed by atoms with E-state index < -0.39 is 10.0 Å². The van der Waals surface area contributed by atoms with Crippen molar-refractivity contribution in [1.82, 2.24) is 9.62 Å². The molecule has 1 saturated carbocycles. The van der Waals surface area contributed by atoms with Gasteiger partial charge in [-0.05, 0) is 36.8 Å². The van der Waals surface area contributed by atoms with Gasteiger partial charge in [-0.1, -0.05) is 6.92 Å². The molecule has 0 aromatic carbocycles. The Labute approximate surface area is 130 Å². The Balaban J connectivity index is 1.54. The molecule has 6 nitrogen and oxygen atoms in total. The fraction of sp³-hybridized carbons (Fsp3) is 0.667. The van der Waals surface area contributed by atoms with Crippen molar-refractivity contribution in [2.75, 3.05) is 18.8 Å². The maximum absolute atomic E-state index is 12.2. The van der Waals surface area contributed by atoms with Gasteiger partial charge in [0.25, 0.3) is 0 Å². The van der Waals surface area contributed by atoms with Crippen LogP contribution in [0.15, 0.2) is 22.8 Å². The van der Waals surface area contributed by atoms with Gasteiger partial charge >= 0.3 is 0 Å². The van der Waals surface area contributed by atoms with E-state index in [1.165, 1.54) is 0 Å². The average molecular weight is 326 g/mol. The lowest BCUT2D eigenvalue weighted by Gasteiger charge is -2.16. The quantitative estimate of drug-likeness (QED) is 0.856. The largest absolute Gasteiger partial charge is 0.467 e. The van der Waals surface area contributed by atoms with Crippen LogP contribution in [0, 0.1) is 11.3 Å². The van der Waals surface area contributed by atoms with Crippen molar-refractivity contribution in [2.24, 2.45) is 11.3 Å². The molecule has 2 heterocycles. The molecule has 22 heavy (non-hydrogen) atoms. The standard InChI is InChI=1S/C15H22N2O4S/c1-2-8-22(19,20)17-6-5-15(11-17)9-13(15)14(18)16-10-12-4-3-7-21-12/h3-4,7,13H,2,5-6,8-11H2,1H3,(H,16,18)/t13-,15+/m1/s1. The summed E-state index contributed by atoms with van der Waals surface area (Å²) in [6.45, 7) is 3.29. The Morgan fingerprint density at radius 2 is 2.36 bits per heavy atom. The van der Waals surface area contributed by atoms with Gasteiger partial charge in [0, 0.05) is 19.0 Å². The molecule has 1 amide bonds. The van der Waals surface area contributed by atoms with Crippen molar-refractivity contribution in [1.29, 1.82) is 0 Å². The zero-order valence-corrected chi connectivity index (χ0v) is 13.6.